The quantitative estimate of drug-likeness (QED) is 0.805. The van der Waals surface area contributed by atoms with Gasteiger partial charge >= 0.3 is 0 Å². The Balaban J connectivity index is 2.47. The second-order valence-electron chi connectivity index (χ2n) is 4.49. The van der Waals surface area contributed by atoms with E-state index in [9.17, 15) is 4.79 Å². The van der Waals surface area contributed by atoms with Crippen LogP contribution in [0.15, 0.2) is 29.2 Å². The third kappa shape index (κ3) is 5.10. The normalized spacial score (nSPS) is 12.2. The van der Waals surface area contributed by atoms with E-state index in [4.69, 9.17) is 5.11 Å². The number of thioether (sulfide) groups is 1. The molecule has 0 aromatic heterocycles. The Morgan fingerprint density at radius 2 is 2.00 bits per heavy atom. The summed E-state index contributed by atoms with van der Waals surface area (Å²) in [6.07, 6.45) is 2.55. The Bertz CT molecular complexity index is 376. The second kappa shape index (κ2) is 7.44. The van der Waals surface area contributed by atoms with Gasteiger partial charge in [-0.2, -0.15) is 0 Å². The summed E-state index contributed by atoms with van der Waals surface area (Å²) >= 11 is 1.71. The van der Waals surface area contributed by atoms with Crippen LogP contribution in [0.2, 0.25) is 0 Å². The van der Waals surface area contributed by atoms with Crippen LogP contribution in [0.1, 0.15) is 25.3 Å². The number of aliphatic hydroxyl groups excluding tert-OH is 1. The molecule has 0 aliphatic rings. The van der Waals surface area contributed by atoms with Crippen molar-refractivity contribution in [3.8, 4) is 0 Å². The van der Waals surface area contributed by atoms with Crippen LogP contribution in [0.5, 0.6) is 0 Å². The number of carbonyl (C=O) groups is 1. The van der Waals surface area contributed by atoms with E-state index >= 15 is 0 Å². The number of hydrogen-bond acceptors (Lipinski definition) is 3. The van der Waals surface area contributed by atoms with E-state index in [0.29, 0.717) is 19.4 Å². The number of nitrogens with zero attached hydrogens (tertiary/aromatic N) is 1. The molecule has 0 saturated heterocycles. The SMILES string of the molecule is CSc1ccc(CN(C)C(=O)CCC(C)O)cc1. The largest absolute Gasteiger partial charge is 0.393 e. The van der Waals surface area contributed by atoms with Crippen LogP contribution in [0.25, 0.3) is 0 Å². The zero-order valence-electron chi connectivity index (χ0n) is 11.2. The molecular formula is C14H21NO2S. The number of amides is 1. The first-order chi connectivity index (χ1) is 8.52. The molecule has 0 saturated carbocycles. The highest BCUT2D eigenvalue weighted by atomic mass is 32.2. The highest BCUT2D eigenvalue weighted by Crippen LogP contribution is 2.15. The molecule has 1 amide bonds. The third-order valence-electron chi connectivity index (χ3n) is 2.78. The number of rotatable bonds is 6. The van der Waals surface area contributed by atoms with Crippen molar-refractivity contribution in [3.63, 3.8) is 0 Å². The van der Waals surface area contributed by atoms with E-state index in [-0.39, 0.29) is 5.91 Å². The van der Waals surface area contributed by atoms with Crippen molar-refractivity contribution in [2.24, 2.45) is 0 Å². The van der Waals surface area contributed by atoms with Crippen LogP contribution in [0, 0.1) is 0 Å². The zero-order chi connectivity index (χ0) is 13.5. The van der Waals surface area contributed by atoms with E-state index in [1.807, 2.05) is 18.4 Å². The molecule has 0 aliphatic heterocycles. The minimum Gasteiger partial charge on any atom is -0.393 e. The zero-order valence-corrected chi connectivity index (χ0v) is 12.0. The Morgan fingerprint density at radius 1 is 1.39 bits per heavy atom. The van der Waals surface area contributed by atoms with E-state index in [2.05, 4.69) is 12.1 Å². The lowest BCUT2D eigenvalue weighted by atomic mass is 10.2. The van der Waals surface area contributed by atoms with Gasteiger partial charge in [-0.25, -0.2) is 0 Å². The van der Waals surface area contributed by atoms with Crippen molar-refractivity contribution in [1.29, 1.82) is 0 Å². The Kier molecular flexibility index (Phi) is 6.22. The number of carbonyl (C=O) groups excluding carboxylic acids is 1. The number of hydrogen-bond donors (Lipinski definition) is 1. The molecule has 0 aliphatic carbocycles. The maximum Gasteiger partial charge on any atom is 0.222 e. The van der Waals surface area contributed by atoms with Gasteiger partial charge < -0.3 is 10.0 Å². The summed E-state index contributed by atoms with van der Waals surface area (Å²) in [5, 5.41) is 9.16. The third-order valence-corrected chi connectivity index (χ3v) is 3.52. The van der Waals surface area contributed by atoms with E-state index in [1.165, 1.54) is 4.90 Å². The van der Waals surface area contributed by atoms with E-state index < -0.39 is 6.10 Å². The minimum atomic E-state index is -0.414. The molecule has 0 spiro atoms. The lowest BCUT2D eigenvalue weighted by Crippen LogP contribution is -2.26. The molecule has 0 heterocycles. The van der Waals surface area contributed by atoms with Crippen LogP contribution in [-0.4, -0.2) is 35.3 Å². The molecule has 1 unspecified atom stereocenters. The summed E-state index contributed by atoms with van der Waals surface area (Å²) < 4.78 is 0. The molecule has 0 fully saturated rings. The van der Waals surface area contributed by atoms with E-state index in [0.717, 1.165) is 5.56 Å². The van der Waals surface area contributed by atoms with Crippen LogP contribution in [0.4, 0.5) is 0 Å². The van der Waals surface area contributed by atoms with Gasteiger partial charge in [-0.05, 0) is 37.3 Å². The van der Waals surface area contributed by atoms with Crippen LogP contribution >= 0.6 is 11.8 Å². The van der Waals surface area contributed by atoms with Gasteiger partial charge in [-0.3, -0.25) is 4.79 Å². The second-order valence-corrected chi connectivity index (χ2v) is 5.37. The summed E-state index contributed by atoms with van der Waals surface area (Å²) in [4.78, 5) is 14.7. The van der Waals surface area contributed by atoms with Crippen molar-refractivity contribution in [2.75, 3.05) is 13.3 Å². The minimum absolute atomic E-state index is 0.0739. The monoisotopic (exact) mass is 267 g/mol. The van der Waals surface area contributed by atoms with Crippen LogP contribution in [-0.2, 0) is 11.3 Å². The Labute approximate surface area is 113 Å². The molecule has 0 bridgehead atoms. The maximum atomic E-state index is 11.8. The smallest absolute Gasteiger partial charge is 0.222 e. The first kappa shape index (κ1) is 15.1. The van der Waals surface area contributed by atoms with Crippen LogP contribution in [0.3, 0.4) is 0 Å². The number of aliphatic hydroxyl groups is 1. The Morgan fingerprint density at radius 3 is 2.50 bits per heavy atom. The van der Waals surface area contributed by atoms with Crippen molar-refractivity contribution < 1.29 is 9.90 Å². The average molecular weight is 267 g/mol. The Hall–Kier alpha value is -1.00. The van der Waals surface area contributed by atoms with Crippen molar-refractivity contribution in [3.05, 3.63) is 29.8 Å². The van der Waals surface area contributed by atoms with Gasteiger partial charge in [0.05, 0.1) is 6.10 Å². The van der Waals surface area contributed by atoms with Gasteiger partial charge in [0, 0.05) is 24.9 Å². The fraction of sp³-hybridized carbons (Fsp3) is 0.500. The lowest BCUT2D eigenvalue weighted by molar-refractivity contribution is -0.131. The summed E-state index contributed by atoms with van der Waals surface area (Å²) in [7, 11) is 1.80. The van der Waals surface area contributed by atoms with Crippen molar-refractivity contribution in [1.82, 2.24) is 4.90 Å². The molecule has 4 heteroatoms. The van der Waals surface area contributed by atoms with Gasteiger partial charge in [0.2, 0.25) is 5.91 Å². The molecule has 1 rings (SSSR count). The van der Waals surface area contributed by atoms with Crippen molar-refractivity contribution >= 4 is 17.7 Å². The molecule has 1 aromatic rings. The van der Waals surface area contributed by atoms with Gasteiger partial charge in [-0.1, -0.05) is 12.1 Å². The molecule has 1 N–H and O–H groups in total. The summed E-state index contributed by atoms with van der Waals surface area (Å²) in [5.41, 5.74) is 1.13. The predicted molar refractivity (Wildman–Crippen MR) is 75.6 cm³/mol. The first-order valence-corrected chi connectivity index (χ1v) is 7.30. The molecule has 3 nitrogen and oxygen atoms in total. The standard InChI is InChI=1S/C14H21NO2S/c1-11(16)4-9-14(17)15(2)10-12-5-7-13(18-3)8-6-12/h5-8,11,16H,4,9-10H2,1-3H3. The average Bonchev–Trinajstić information content (AvgIpc) is 2.36. The molecule has 18 heavy (non-hydrogen) atoms. The fourth-order valence-electron chi connectivity index (χ4n) is 1.62. The van der Waals surface area contributed by atoms with Gasteiger partial charge in [0.15, 0.2) is 0 Å². The van der Waals surface area contributed by atoms with Gasteiger partial charge in [0.1, 0.15) is 0 Å². The number of benzene rings is 1. The van der Waals surface area contributed by atoms with Crippen molar-refractivity contribution in [2.45, 2.75) is 37.3 Å². The molecular weight excluding hydrogens is 246 g/mol. The first-order valence-electron chi connectivity index (χ1n) is 6.08. The molecule has 100 valence electrons. The highest BCUT2D eigenvalue weighted by Gasteiger charge is 2.10. The highest BCUT2D eigenvalue weighted by molar-refractivity contribution is 7.98. The molecule has 0 radical (unpaired) electrons. The summed E-state index contributed by atoms with van der Waals surface area (Å²) in [6, 6.07) is 8.22. The lowest BCUT2D eigenvalue weighted by Gasteiger charge is -2.17. The molecule has 1 aromatic carbocycles. The topological polar surface area (TPSA) is 40.5 Å². The maximum absolute atomic E-state index is 11.8. The summed E-state index contributed by atoms with van der Waals surface area (Å²) in [6.45, 7) is 2.32. The van der Waals surface area contributed by atoms with E-state index in [1.54, 1.807) is 30.6 Å². The van der Waals surface area contributed by atoms with Gasteiger partial charge in [0.25, 0.3) is 0 Å². The summed E-state index contributed by atoms with van der Waals surface area (Å²) in [5.74, 6) is 0.0739. The fourth-order valence-corrected chi connectivity index (χ4v) is 2.02. The van der Waals surface area contributed by atoms with Crippen LogP contribution < -0.4 is 0 Å². The van der Waals surface area contributed by atoms with Gasteiger partial charge in [-0.15, -0.1) is 11.8 Å². The molecule has 1 atom stereocenters. The predicted octanol–water partition coefficient (Wildman–Crippen LogP) is 2.53.